The zero-order valence-corrected chi connectivity index (χ0v) is 5.27. The number of ether oxygens (including phenoxy) is 1. The molecule has 2 N–H and O–H groups in total. The molecule has 0 aliphatic carbocycles. The van der Waals surface area contributed by atoms with Gasteiger partial charge in [0.25, 0.3) is 0 Å². The van der Waals surface area contributed by atoms with Crippen LogP contribution in [0.25, 0.3) is 0 Å². The van der Waals surface area contributed by atoms with E-state index in [1.54, 1.807) is 0 Å². The van der Waals surface area contributed by atoms with Crippen molar-refractivity contribution in [3.8, 4) is 0 Å². The molecule has 0 saturated carbocycles. The van der Waals surface area contributed by atoms with Gasteiger partial charge in [-0.15, -0.1) is 0 Å². The summed E-state index contributed by atoms with van der Waals surface area (Å²) in [5, 5.41) is 17.4. The third kappa shape index (κ3) is 1.16. The summed E-state index contributed by atoms with van der Waals surface area (Å²) in [4.78, 5) is 0. The van der Waals surface area contributed by atoms with Crippen LogP contribution in [-0.4, -0.2) is 49.0 Å². The van der Waals surface area contributed by atoms with Gasteiger partial charge in [-0.3, -0.25) is 0 Å². The minimum absolute atomic E-state index is 0.407. The fourth-order valence-electron chi connectivity index (χ4n) is 0.908. The van der Waals surface area contributed by atoms with Crippen molar-refractivity contribution in [1.82, 2.24) is 0 Å². The Morgan fingerprint density at radius 2 is 2.20 bits per heavy atom. The van der Waals surface area contributed by atoms with Gasteiger partial charge in [-0.25, -0.2) is 4.39 Å². The van der Waals surface area contributed by atoms with Gasteiger partial charge in [0.1, 0.15) is 26.2 Å². The van der Waals surface area contributed by atoms with E-state index in [-0.39, 0.29) is 0 Å². The summed E-state index contributed by atoms with van der Waals surface area (Å²) < 4.78 is 17.2. The molecule has 10 heavy (non-hydrogen) atoms. The number of halogens is 1. The van der Waals surface area contributed by atoms with E-state index in [1.807, 2.05) is 0 Å². The van der Waals surface area contributed by atoms with E-state index in [0.717, 1.165) is 0 Å². The highest BCUT2D eigenvalue weighted by molar-refractivity contribution is 6.11. The molecule has 56 valence electrons. The predicted octanol–water partition coefficient (Wildman–Crippen LogP) is -1.43. The maximum Gasteiger partial charge on any atom is 0.146 e. The first-order valence-corrected chi connectivity index (χ1v) is 3.01. The van der Waals surface area contributed by atoms with Crippen LogP contribution in [0.5, 0.6) is 0 Å². The Labute approximate surface area is 59.2 Å². The molecule has 5 heteroatoms. The van der Waals surface area contributed by atoms with Gasteiger partial charge in [-0.2, -0.15) is 0 Å². The number of hydrogen-bond acceptors (Lipinski definition) is 3. The summed E-state index contributed by atoms with van der Waals surface area (Å²) >= 11 is 0. The van der Waals surface area contributed by atoms with Crippen molar-refractivity contribution in [2.24, 2.45) is 0 Å². The Hall–Kier alpha value is -0.125. The molecule has 3 nitrogen and oxygen atoms in total. The third-order valence-corrected chi connectivity index (χ3v) is 1.53. The first-order chi connectivity index (χ1) is 4.66. The molecule has 1 fully saturated rings. The van der Waals surface area contributed by atoms with Gasteiger partial charge in [0.2, 0.25) is 0 Å². The summed E-state index contributed by atoms with van der Waals surface area (Å²) in [5.74, 6) is 0. The topological polar surface area (TPSA) is 49.7 Å². The van der Waals surface area contributed by atoms with E-state index in [2.05, 4.69) is 4.74 Å². The van der Waals surface area contributed by atoms with Crippen LogP contribution in [0.3, 0.4) is 0 Å². The lowest BCUT2D eigenvalue weighted by molar-refractivity contribution is -0.00566. The molecular formula is C5H8BFO3. The monoisotopic (exact) mass is 146 g/mol. The zero-order valence-electron chi connectivity index (χ0n) is 5.27. The molecule has 1 rings (SSSR count). The van der Waals surface area contributed by atoms with Crippen LogP contribution < -0.4 is 0 Å². The van der Waals surface area contributed by atoms with Crippen LogP contribution in [0, 0.1) is 0 Å². The van der Waals surface area contributed by atoms with Crippen LogP contribution in [0.1, 0.15) is 0 Å². The minimum atomic E-state index is -1.59. The van der Waals surface area contributed by atoms with E-state index in [4.69, 9.17) is 18.1 Å². The molecule has 4 atom stereocenters. The van der Waals surface area contributed by atoms with Crippen molar-refractivity contribution in [3.05, 3.63) is 0 Å². The zero-order chi connectivity index (χ0) is 7.72. The average Bonchev–Trinajstić information content (AvgIpc) is 2.17. The van der Waals surface area contributed by atoms with Gasteiger partial charge in [-0.05, 0) is 0 Å². The summed E-state index contributed by atoms with van der Waals surface area (Å²) in [6.07, 6.45) is -3.75. The molecule has 2 radical (unpaired) electrons. The molecule has 0 aromatic carbocycles. The smallest absolute Gasteiger partial charge is 0.146 e. The van der Waals surface area contributed by atoms with Gasteiger partial charge >= 0.3 is 0 Å². The second-order valence-electron chi connectivity index (χ2n) is 2.26. The van der Waals surface area contributed by atoms with Crippen LogP contribution in [0.4, 0.5) is 4.39 Å². The molecule has 0 unspecified atom stereocenters. The third-order valence-electron chi connectivity index (χ3n) is 1.53. The van der Waals surface area contributed by atoms with E-state index >= 15 is 0 Å². The van der Waals surface area contributed by atoms with Gasteiger partial charge in [0.15, 0.2) is 0 Å². The highest BCUT2D eigenvalue weighted by Crippen LogP contribution is 2.21. The van der Waals surface area contributed by atoms with E-state index in [0.29, 0.717) is 0 Å². The van der Waals surface area contributed by atoms with Gasteiger partial charge in [0.05, 0.1) is 12.6 Å². The standard InChI is InChI=1S/C5H8BFO3/c6-5-3(7)4(9)2(1-8)10-5/h2-5,8-9H,1H2/t2-,3+,4+,5-/m1/s1. The summed E-state index contributed by atoms with van der Waals surface area (Å²) in [6, 6.07) is -1.10. The lowest BCUT2D eigenvalue weighted by Gasteiger charge is -2.09. The first kappa shape index (κ1) is 7.98. The quantitative estimate of drug-likeness (QED) is 0.446. The predicted molar refractivity (Wildman–Crippen MR) is 32.4 cm³/mol. The van der Waals surface area contributed by atoms with Crippen molar-refractivity contribution in [2.75, 3.05) is 6.61 Å². The van der Waals surface area contributed by atoms with Gasteiger partial charge in [0, 0.05) is 0 Å². The molecule has 0 aromatic rings. The molecule has 1 aliphatic heterocycles. The number of alkyl halides is 1. The Bertz CT molecular complexity index is 123. The molecule has 0 aromatic heterocycles. The summed E-state index contributed by atoms with van der Waals surface area (Å²) in [6.45, 7) is -0.407. The fourth-order valence-corrected chi connectivity index (χ4v) is 0.908. The molecule has 0 spiro atoms. The van der Waals surface area contributed by atoms with Crippen molar-refractivity contribution in [1.29, 1.82) is 0 Å². The van der Waals surface area contributed by atoms with E-state index < -0.39 is 31.0 Å². The van der Waals surface area contributed by atoms with Crippen molar-refractivity contribution < 1.29 is 19.3 Å². The van der Waals surface area contributed by atoms with Gasteiger partial charge in [-0.1, -0.05) is 0 Å². The SMILES string of the molecule is [B][C@@H]1O[C@H](CO)[C@H](O)[C@@H]1F. The molecule has 1 heterocycles. The number of aliphatic hydroxyl groups is 2. The highest BCUT2D eigenvalue weighted by atomic mass is 19.1. The molecule has 1 aliphatic rings. The molecule has 1 saturated heterocycles. The summed E-state index contributed by atoms with van der Waals surface area (Å²) in [7, 11) is 5.07. The Balaban J connectivity index is 2.53. The molecule has 0 bridgehead atoms. The lowest BCUT2D eigenvalue weighted by Crippen LogP contribution is -2.30. The van der Waals surface area contributed by atoms with Gasteiger partial charge < -0.3 is 14.9 Å². The normalized spacial score (nSPS) is 47.9. The first-order valence-electron chi connectivity index (χ1n) is 3.01. The van der Waals surface area contributed by atoms with Crippen LogP contribution >= 0.6 is 0 Å². The van der Waals surface area contributed by atoms with E-state index in [9.17, 15) is 4.39 Å². The maximum absolute atomic E-state index is 12.5. The lowest BCUT2D eigenvalue weighted by atomic mass is 9.94. The Morgan fingerprint density at radius 3 is 2.40 bits per heavy atom. The summed E-state index contributed by atoms with van der Waals surface area (Å²) in [5.41, 5.74) is 0. The van der Waals surface area contributed by atoms with E-state index in [1.165, 1.54) is 0 Å². The second kappa shape index (κ2) is 2.86. The Morgan fingerprint density at radius 1 is 1.60 bits per heavy atom. The molecular weight excluding hydrogens is 138 g/mol. The van der Waals surface area contributed by atoms with Crippen molar-refractivity contribution >= 4 is 7.85 Å². The van der Waals surface area contributed by atoms with Crippen molar-refractivity contribution in [2.45, 2.75) is 24.4 Å². The Kier molecular flexibility index (Phi) is 2.28. The van der Waals surface area contributed by atoms with Crippen LogP contribution in [0.15, 0.2) is 0 Å². The average molecular weight is 146 g/mol. The number of aliphatic hydroxyl groups excluding tert-OH is 2. The number of hydrogen-bond donors (Lipinski definition) is 2. The van der Waals surface area contributed by atoms with Crippen LogP contribution in [0.2, 0.25) is 0 Å². The fraction of sp³-hybridized carbons (Fsp3) is 1.00. The van der Waals surface area contributed by atoms with Crippen LogP contribution in [-0.2, 0) is 4.74 Å². The minimum Gasteiger partial charge on any atom is -0.394 e. The molecule has 0 amide bonds. The second-order valence-corrected chi connectivity index (χ2v) is 2.26. The maximum atomic E-state index is 12.5. The largest absolute Gasteiger partial charge is 0.394 e. The van der Waals surface area contributed by atoms with Crippen molar-refractivity contribution in [3.63, 3.8) is 0 Å². The number of rotatable bonds is 1. The highest BCUT2D eigenvalue weighted by Gasteiger charge is 2.40.